The molecule has 0 radical (unpaired) electrons. The molecule has 1 aliphatic carbocycles. The van der Waals surface area contributed by atoms with E-state index < -0.39 is 0 Å². The van der Waals surface area contributed by atoms with Gasteiger partial charge in [0.25, 0.3) is 0 Å². The third-order valence-corrected chi connectivity index (χ3v) is 4.56. The molecule has 0 spiro atoms. The molecule has 3 heteroatoms. The number of anilines is 1. The summed E-state index contributed by atoms with van der Waals surface area (Å²) in [7, 11) is 0. The third-order valence-electron chi connectivity index (χ3n) is 3.67. The molecule has 2 nitrogen and oxygen atoms in total. The molecular weight excluding hydrogens is 278 g/mol. The van der Waals surface area contributed by atoms with Crippen molar-refractivity contribution >= 4 is 27.5 Å². The number of rotatable bonds is 2. The Bertz CT molecular complexity index is 436. The zero-order valence-corrected chi connectivity index (χ0v) is 11.9. The van der Waals surface area contributed by atoms with Gasteiger partial charge in [-0.1, -0.05) is 35.7 Å². The van der Waals surface area contributed by atoms with E-state index in [-0.39, 0.29) is 11.3 Å². The maximum atomic E-state index is 12.2. The lowest BCUT2D eigenvalue weighted by Gasteiger charge is -2.22. The fraction of sp³-hybridized carbons (Fsp3) is 0.500. The molecule has 1 saturated carbocycles. The predicted octanol–water partition coefficient (Wildman–Crippen LogP) is 4.28. The summed E-state index contributed by atoms with van der Waals surface area (Å²) in [5, 5.41) is 3.03. The van der Waals surface area contributed by atoms with E-state index in [2.05, 4.69) is 28.2 Å². The molecule has 1 aromatic rings. The molecule has 92 valence electrons. The lowest BCUT2D eigenvalue weighted by atomic mass is 9.88. The van der Waals surface area contributed by atoms with Gasteiger partial charge in [-0.25, -0.2) is 0 Å². The number of halogens is 1. The first-order valence-electron chi connectivity index (χ1n) is 6.09. The van der Waals surface area contributed by atoms with Crippen molar-refractivity contribution in [1.29, 1.82) is 0 Å². The molecule has 0 heterocycles. The number of hydrogen-bond donors (Lipinski definition) is 1. The molecule has 1 N–H and O–H groups in total. The van der Waals surface area contributed by atoms with Crippen LogP contribution in [0.25, 0.3) is 0 Å². The molecule has 0 atom stereocenters. The SMILES string of the molecule is Cc1cc(NC(=O)C2(C)CCCC2)ccc1Br. The minimum Gasteiger partial charge on any atom is -0.326 e. The molecule has 17 heavy (non-hydrogen) atoms. The van der Waals surface area contributed by atoms with Crippen LogP contribution in [-0.2, 0) is 4.79 Å². The normalized spacial score (nSPS) is 18.1. The summed E-state index contributed by atoms with van der Waals surface area (Å²) < 4.78 is 1.07. The molecule has 0 saturated heterocycles. The molecule has 0 bridgehead atoms. The number of carbonyl (C=O) groups is 1. The largest absolute Gasteiger partial charge is 0.326 e. The topological polar surface area (TPSA) is 29.1 Å². The summed E-state index contributed by atoms with van der Waals surface area (Å²) in [4.78, 5) is 12.2. The Labute approximate surface area is 111 Å². The van der Waals surface area contributed by atoms with E-state index in [9.17, 15) is 4.79 Å². The van der Waals surface area contributed by atoms with Gasteiger partial charge in [0.1, 0.15) is 0 Å². The average Bonchev–Trinajstić information content (AvgIpc) is 2.72. The van der Waals surface area contributed by atoms with Crippen LogP contribution in [0, 0.1) is 12.3 Å². The van der Waals surface area contributed by atoms with Crippen LogP contribution in [0.15, 0.2) is 22.7 Å². The highest BCUT2D eigenvalue weighted by atomic mass is 79.9. The monoisotopic (exact) mass is 295 g/mol. The van der Waals surface area contributed by atoms with Crippen LogP contribution in [0.2, 0.25) is 0 Å². The van der Waals surface area contributed by atoms with Gasteiger partial charge in [0.05, 0.1) is 0 Å². The van der Waals surface area contributed by atoms with E-state index in [1.54, 1.807) is 0 Å². The molecule has 0 unspecified atom stereocenters. The van der Waals surface area contributed by atoms with Crippen molar-refractivity contribution in [2.24, 2.45) is 5.41 Å². The number of amides is 1. The van der Waals surface area contributed by atoms with Gasteiger partial charge in [-0.15, -0.1) is 0 Å². The zero-order chi connectivity index (χ0) is 12.5. The van der Waals surface area contributed by atoms with E-state index in [0.717, 1.165) is 28.6 Å². The third kappa shape index (κ3) is 2.71. The number of hydrogen-bond acceptors (Lipinski definition) is 1. The summed E-state index contributed by atoms with van der Waals surface area (Å²) in [6, 6.07) is 5.91. The molecule has 0 aliphatic heterocycles. The van der Waals surface area contributed by atoms with Crippen LogP contribution in [-0.4, -0.2) is 5.91 Å². The van der Waals surface area contributed by atoms with Crippen molar-refractivity contribution in [3.63, 3.8) is 0 Å². The van der Waals surface area contributed by atoms with Gasteiger partial charge < -0.3 is 5.32 Å². The van der Waals surface area contributed by atoms with Crippen molar-refractivity contribution in [3.05, 3.63) is 28.2 Å². The van der Waals surface area contributed by atoms with E-state index in [4.69, 9.17) is 0 Å². The number of nitrogens with one attached hydrogen (secondary N) is 1. The van der Waals surface area contributed by atoms with Crippen LogP contribution < -0.4 is 5.32 Å². The van der Waals surface area contributed by atoms with Gasteiger partial charge >= 0.3 is 0 Å². The lowest BCUT2D eigenvalue weighted by molar-refractivity contribution is -0.124. The van der Waals surface area contributed by atoms with Crippen LogP contribution >= 0.6 is 15.9 Å². The zero-order valence-electron chi connectivity index (χ0n) is 10.3. The van der Waals surface area contributed by atoms with Crippen LogP contribution in [0.4, 0.5) is 5.69 Å². The highest BCUT2D eigenvalue weighted by Gasteiger charge is 2.36. The molecular formula is C14H18BrNO. The summed E-state index contributed by atoms with van der Waals surface area (Å²) in [5.41, 5.74) is 1.87. The Balaban J connectivity index is 2.10. The molecule has 1 fully saturated rings. The van der Waals surface area contributed by atoms with E-state index >= 15 is 0 Å². The average molecular weight is 296 g/mol. The maximum Gasteiger partial charge on any atom is 0.230 e. The van der Waals surface area contributed by atoms with E-state index in [1.807, 2.05) is 25.1 Å². The van der Waals surface area contributed by atoms with Gasteiger partial charge in [-0.2, -0.15) is 0 Å². The Hall–Kier alpha value is -0.830. The Morgan fingerprint density at radius 3 is 2.59 bits per heavy atom. The van der Waals surface area contributed by atoms with E-state index in [0.29, 0.717) is 0 Å². The van der Waals surface area contributed by atoms with E-state index in [1.165, 1.54) is 12.8 Å². The summed E-state index contributed by atoms with van der Waals surface area (Å²) >= 11 is 3.46. The quantitative estimate of drug-likeness (QED) is 0.867. The van der Waals surface area contributed by atoms with Crippen molar-refractivity contribution in [2.75, 3.05) is 5.32 Å². The van der Waals surface area contributed by atoms with Gasteiger partial charge in [-0.05, 0) is 43.5 Å². The van der Waals surface area contributed by atoms with Gasteiger partial charge in [0, 0.05) is 15.6 Å². The van der Waals surface area contributed by atoms with Crippen LogP contribution in [0.5, 0.6) is 0 Å². The van der Waals surface area contributed by atoms with Crippen LogP contribution in [0.3, 0.4) is 0 Å². The van der Waals surface area contributed by atoms with Crippen molar-refractivity contribution in [3.8, 4) is 0 Å². The fourth-order valence-corrected chi connectivity index (χ4v) is 2.63. The second-order valence-corrected chi connectivity index (χ2v) is 6.04. The summed E-state index contributed by atoms with van der Waals surface area (Å²) in [6.45, 7) is 4.10. The first-order valence-corrected chi connectivity index (χ1v) is 6.88. The highest BCUT2D eigenvalue weighted by molar-refractivity contribution is 9.10. The molecule has 1 amide bonds. The first kappa shape index (κ1) is 12.6. The minimum absolute atomic E-state index is 0.164. The predicted molar refractivity (Wildman–Crippen MR) is 74.1 cm³/mol. The molecule has 2 rings (SSSR count). The second-order valence-electron chi connectivity index (χ2n) is 5.19. The summed E-state index contributed by atoms with van der Waals surface area (Å²) in [6.07, 6.45) is 4.36. The minimum atomic E-state index is -0.166. The van der Waals surface area contributed by atoms with Crippen molar-refractivity contribution < 1.29 is 4.79 Å². The Morgan fingerprint density at radius 2 is 2.00 bits per heavy atom. The standard InChI is InChI=1S/C14H18BrNO/c1-10-9-11(5-6-12(10)15)16-13(17)14(2)7-3-4-8-14/h5-6,9H,3-4,7-8H2,1-2H3,(H,16,17). The molecule has 1 aliphatic rings. The van der Waals surface area contributed by atoms with Crippen molar-refractivity contribution in [1.82, 2.24) is 0 Å². The Kier molecular flexibility index (Phi) is 3.57. The number of benzene rings is 1. The Morgan fingerprint density at radius 1 is 1.35 bits per heavy atom. The number of aryl methyl sites for hydroxylation is 1. The van der Waals surface area contributed by atoms with Crippen LogP contribution in [0.1, 0.15) is 38.2 Å². The lowest BCUT2D eigenvalue weighted by Crippen LogP contribution is -2.30. The molecule has 0 aromatic heterocycles. The second kappa shape index (κ2) is 4.81. The highest BCUT2D eigenvalue weighted by Crippen LogP contribution is 2.38. The fourth-order valence-electron chi connectivity index (χ4n) is 2.39. The van der Waals surface area contributed by atoms with Gasteiger partial charge in [0.15, 0.2) is 0 Å². The summed E-state index contributed by atoms with van der Waals surface area (Å²) in [5.74, 6) is 0.164. The molecule has 1 aromatic carbocycles. The van der Waals surface area contributed by atoms with Gasteiger partial charge in [-0.3, -0.25) is 4.79 Å². The maximum absolute atomic E-state index is 12.2. The van der Waals surface area contributed by atoms with Crippen molar-refractivity contribution in [2.45, 2.75) is 39.5 Å². The number of carbonyl (C=O) groups excluding carboxylic acids is 1. The van der Waals surface area contributed by atoms with Gasteiger partial charge in [0.2, 0.25) is 5.91 Å². The smallest absolute Gasteiger partial charge is 0.230 e. The first-order chi connectivity index (χ1) is 8.01.